The molecule has 0 aromatic heterocycles. The van der Waals surface area contributed by atoms with Gasteiger partial charge in [0, 0.05) is 11.0 Å². The summed E-state index contributed by atoms with van der Waals surface area (Å²) in [7, 11) is 0. The third-order valence-electron chi connectivity index (χ3n) is 2.82. The Morgan fingerprint density at radius 2 is 2.40 bits per heavy atom. The summed E-state index contributed by atoms with van der Waals surface area (Å²) in [4.78, 5) is 3.46. The zero-order valence-corrected chi connectivity index (χ0v) is 10.5. The Kier molecular flexibility index (Phi) is 3.27. The Balaban J connectivity index is 2.39. The molecule has 0 saturated carbocycles. The third-order valence-corrected chi connectivity index (χ3v) is 4.05. The summed E-state index contributed by atoms with van der Waals surface area (Å²) in [6.45, 7) is 7.85. The van der Waals surface area contributed by atoms with Crippen LogP contribution in [0.2, 0.25) is 0 Å². The third kappa shape index (κ3) is 2.01. The van der Waals surface area contributed by atoms with E-state index in [2.05, 4.69) is 33.5 Å². The van der Waals surface area contributed by atoms with Crippen LogP contribution in [0, 0.1) is 6.57 Å². The van der Waals surface area contributed by atoms with Crippen LogP contribution in [0.3, 0.4) is 0 Å². The molecule has 1 aliphatic rings. The van der Waals surface area contributed by atoms with Crippen LogP contribution in [0.15, 0.2) is 24.3 Å². The molecule has 2 rings (SSSR count). The van der Waals surface area contributed by atoms with Crippen LogP contribution in [0.5, 0.6) is 0 Å². The first-order valence-corrected chi connectivity index (χ1v) is 6.51. The van der Waals surface area contributed by atoms with Gasteiger partial charge in [0.2, 0.25) is 0 Å². The predicted octanol–water partition coefficient (Wildman–Crippen LogP) is 3.68. The van der Waals surface area contributed by atoms with E-state index in [1.807, 2.05) is 18.2 Å². The number of halogens is 1. The van der Waals surface area contributed by atoms with E-state index >= 15 is 0 Å². The summed E-state index contributed by atoms with van der Waals surface area (Å²) in [5, 5.41) is 0. The van der Waals surface area contributed by atoms with Crippen LogP contribution in [-0.4, -0.2) is 11.0 Å². The van der Waals surface area contributed by atoms with Gasteiger partial charge in [0.05, 0.1) is 6.57 Å². The van der Waals surface area contributed by atoms with Gasteiger partial charge in [0.25, 0.3) is 0 Å². The van der Waals surface area contributed by atoms with Crippen LogP contribution < -0.4 is 0 Å². The smallest absolute Gasteiger partial charge is 0.187 e. The lowest BCUT2D eigenvalue weighted by Gasteiger charge is -2.26. The topological polar surface area (TPSA) is 13.6 Å². The van der Waals surface area contributed by atoms with Crippen molar-refractivity contribution in [1.82, 2.24) is 0 Å². The van der Waals surface area contributed by atoms with Gasteiger partial charge in [-0.25, -0.2) is 4.85 Å². The normalized spacial score (nSPS) is 25.1. The fourth-order valence-electron chi connectivity index (χ4n) is 1.97. The van der Waals surface area contributed by atoms with E-state index < -0.39 is 0 Å². The molecule has 1 unspecified atom stereocenters. The van der Waals surface area contributed by atoms with E-state index in [9.17, 15) is 0 Å². The van der Waals surface area contributed by atoms with Crippen LogP contribution in [-0.2, 0) is 10.3 Å². The fraction of sp³-hybridized carbons (Fsp3) is 0.417. The van der Waals surface area contributed by atoms with Gasteiger partial charge in [-0.3, -0.25) is 0 Å². The second-order valence-electron chi connectivity index (χ2n) is 3.74. The van der Waals surface area contributed by atoms with E-state index in [1.54, 1.807) is 0 Å². The van der Waals surface area contributed by atoms with Crippen molar-refractivity contribution in [3.05, 3.63) is 41.2 Å². The Hall–Kier alpha value is -0.600. The molecule has 1 heterocycles. The summed E-state index contributed by atoms with van der Waals surface area (Å²) in [6, 6.07) is 7.81. The molecule has 15 heavy (non-hydrogen) atoms. The lowest BCUT2D eigenvalue weighted by Crippen LogP contribution is -2.26. The highest BCUT2D eigenvalue weighted by Crippen LogP contribution is 2.38. The minimum atomic E-state index is -0.138. The van der Waals surface area contributed by atoms with Crippen molar-refractivity contribution < 1.29 is 4.74 Å². The number of alkyl halides is 1. The molecule has 1 fully saturated rings. The first-order valence-electron chi connectivity index (χ1n) is 4.99. The molecule has 0 bridgehead atoms. The molecule has 0 N–H and O–H groups in total. The summed E-state index contributed by atoms with van der Waals surface area (Å²) in [5.41, 5.74) is 1.72. The van der Waals surface area contributed by atoms with E-state index in [4.69, 9.17) is 11.3 Å². The number of rotatable bonds is 2. The summed E-state index contributed by atoms with van der Waals surface area (Å²) in [6.07, 6.45) is 2.18. The Labute approximate surface area is 104 Å². The SMILES string of the molecule is [C-]#[N+]c1cccc(C2(CI)CCCO2)c1. The van der Waals surface area contributed by atoms with Crippen LogP contribution in [0.1, 0.15) is 18.4 Å². The first kappa shape index (κ1) is 10.9. The van der Waals surface area contributed by atoms with Gasteiger partial charge < -0.3 is 4.74 Å². The quantitative estimate of drug-likeness (QED) is 0.461. The van der Waals surface area contributed by atoms with Crippen LogP contribution in [0.4, 0.5) is 5.69 Å². The van der Waals surface area contributed by atoms with E-state index in [0.717, 1.165) is 29.4 Å². The van der Waals surface area contributed by atoms with Gasteiger partial charge in [0.1, 0.15) is 5.60 Å². The maximum atomic E-state index is 7.01. The zero-order valence-electron chi connectivity index (χ0n) is 8.37. The lowest BCUT2D eigenvalue weighted by atomic mass is 9.93. The predicted molar refractivity (Wildman–Crippen MR) is 68.5 cm³/mol. The molecule has 0 aliphatic carbocycles. The highest BCUT2D eigenvalue weighted by atomic mass is 127. The summed E-state index contributed by atoms with van der Waals surface area (Å²) >= 11 is 2.37. The Morgan fingerprint density at radius 3 is 3.00 bits per heavy atom. The minimum Gasteiger partial charge on any atom is -0.370 e. The number of hydrogen-bond acceptors (Lipinski definition) is 1. The molecule has 1 aliphatic heterocycles. The largest absolute Gasteiger partial charge is 0.370 e. The fourth-order valence-corrected chi connectivity index (χ4v) is 3.01. The number of ether oxygens (including phenoxy) is 1. The molecule has 0 radical (unpaired) electrons. The summed E-state index contributed by atoms with van der Waals surface area (Å²) < 4.78 is 6.82. The maximum absolute atomic E-state index is 7.01. The Morgan fingerprint density at radius 1 is 1.53 bits per heavy atom. The first-order chi connectivity index (χ1) is 7.30. The molecular weight excluding hydrogens is 301 g/mol. The average Bonchev–Trinajstić information content (AvgIpc) is 2.79. The molecule has 1 saturated heterocycles. The molecule has 3 heteroatoms. The average molecular weight is 313 g/mol. The molecule has 2 nitrogen and oxygen atoms in total. The van der Waals surface area contributed by atoms with Crippen molar-refractivity contribution >= 4 is 28.3 Å². The van der Waals surface area contributed by atoms with Crippen molar-refractivity contribution in [2.24, 2.45) is 0 Å². The van der Waals surface area contributed by atoms with Gasteiger partial charge >= 0.3 is 0 Å². The van der Waals surface area contributed by atoms with Crippen molar-refractivity contribution in [3.8, 4) is 0 Å². The standard InChI is InChI=1S/C12H12INO/c1-14-11-5-2-4-10(8-11)12(9-13)6-3-7-15-12/h2,4-5,8H,3,6-7,9H2. The molecular formula is C12H12INO. The zero-order chi connectivity index (χ0) is 10.7. The van der Waals surface area contributed by atoms with Gasteiger partial charge in [-0.05, 0) is 18.4 Å². The highest BCUT2D eigenvalue weighted by Gasteiger charge is 2.35. The monoisotopic (exact) mass is 313 g/mol. The molecule has 1 atom stereocenters. The number of nitrogens with zero attached hydrogens (tertiary/aromatic N) is 1. The Bertz CT molecular complexity index is 391. The van der Waals surface area contributed by atoms with E-state index in [-0.39, 0.29) is 5.60 Å². The van der Waals surface area contributed by atoms with E-state index in [1.165, 1.54) is 0 Å². The second-order valence-corrected chi connectivity index (χ2v) is 4.50. The van der Waals surface area contributed by atoms with E-state index in [0.29, 0.717) is 5.69 Å². The van der Waals surface area contributed by atoms with Gasteiger partial charge in [-0.2, -0.15) is 0 Å². The van der Waals surface area contributed by atoms with Gasteiger partial charge in [0.15, 0.2) is 5.69 Å². The van der Waals surface area contributed by atoms with Gasteiger partial charge in [-0.15, -0.1) is 0 Å². The van der Waals surface area contributed by atoms with Gasteiger partial charge in [-0.1, -0.05) is 46.9 Å². The van der Waals surface area contributed by atoms with Crippen LogP contribution >= 0.6 is 22.6 Å². The molecule has 1 aromatic rings. The number of hydrogen-bond donors (Lipinski definition) is 0. The highest BCUT2D eigenvalue weighted by molar-refractivity contribution is 14.1. The molecule has 78 valence electrons. The van der Waals surface area contributed by atoms with Crippen molar-refractivity contribution in [3.63, 3.8) is 0 Å². The van der Waals surface area contributed by atoms with Crippen molar-refractivity contribution in [2.45, 2.75) is 18.4 Å². The van der Waals surface area contributed by atoms with Crippen LogP contribution in [0.25, 0.3) is 4.85 Å². The lowest BCUT2D eigenvalue weighted by molar-refractivity contribution is 0.0238. The molecule has 1 aromatic carbocycles. The maximum Gasteiger partial charge on any atom is 0.187 e. The number of benzene rings is 1. The molecule has 0 amide bonds. The summed E-state index contributed by atoms with van der Waals surface area (Å²) in [5.74, 6) is 0. The second kappa shape index (κ2) is 4.50. The van der Waals surface area contributed by atoms with Crippen molar-refractivity contribution in [1.29, 1.82) is 0 Å². The minimum absolute atomic E-state index is 0.138. The van der Waals surface area contributed by atoms with Crippen molar-refractivity contribution in [2.75, 3.05) is 11.0 Å². The molecule has 0 spiro atoms.